The number of anilines is 1. The maximum absolute atomic E-state index is 13.9. The van der Waals surface area contributed by atoms with Gasteiger partial charge in [-0.05, 0) is 97.4 Å². The maximum Gasteiger partial charge on any atom is 0.181 e. The summed E-state index contributed by atoms with van der Waals surface area (Å²) in [5.41, 5.74) is 10.4. The van der Waals surface area contributed by atoms with Crippen LogP contribution in [0.15, 0.2) is 42.6 Å². The maximum atomic E-state index is 13.9. The molecule has 1 fully saturated rings. The molecule has 1 saturated carbocycles. The Kier molecular flexibility index (Phi) is 5.72. The number of nitrogens with two attached hydrogens (primary N) is 1. The molecular weight excluding hydrogens is 421 g/mol. The summed E-state index contributed by atoms with van der Waals surface area (Å²) >= 11 is 1.51. The summed E-state index contributed by atoms with van der Waals surface area (Å²) in [6.45, 7) is 2.29. The minimum Gasteiger partial charge on any atom is -0.497 e. The Morgan fingerprint density at radius 1 is 1.16 bits per heavy atom. The normalized spacial score (nSPS) is 20.0. The molecule has 2 heterocycles. The molecule has 0 spiro atoms. The molecule has 0 aliphatic heterocycles. The van der Waals surface area contributed by atoms with Gasteiger partial charge in [0.1, 0.15) is 11.6 Å². The van der Waals surface area contributed by atoms with Crippen molar-refractivity contribution >= 4 is 37.6 Å². The monoisotopic (exact) mass is 449 g/mol. The fourth-order valence-corrected chi connectivity index (χ4v) is 6.17. The summed E-state index contributed by atoms with van der Waals surface area (Å²) in [5, 5.41) is 1.56. The van der Waals surface area contributed by atoms with Gasteiger partial charge in [0.2, 0.25) is 0 Å². The Morgan fingerprint density at radius 2 is 1.97 bits per heavy atom. The molecule has 4 aromatic rings. The lowest BCUT2D eigenvalue weighted by molar-refractivity contribution is 0.298. The smallest absolute Gasteiger partial charge is 0.181 e. The lowest BCUT2D eigenvalue weighted by Gasteiger charge is -2.31. The minimum atomic E-state index is -0.193. The largest absolute Gasteiger partial charge is 0.497 e. The molecular formula is C26H28FN3OS. The number of nitrogens with zero attached hydrogens (tertiary/aromatic N) is 2. The van der Waals surface area contributed by atoms with Crippen molar-refractivity contribution in [1.29, 1.82) is 0 Å². The van der Waals surface area contributed by atoms with Crippen LogP contribution in [0, 0.1) is 11.7 Å². The van der Waals surface area contributed by atoms with E-state index in [1.807, 2.05) is 12.3 Å². The summed E-state index contributed by atoms with van der Waals surface area (Å²) in [5.74, 6) is 2.19. The number of thiazole rings is 1. The van der Waals surface area contributed by atoms with Crippen molar-refractivity contribution in [2.24, 2.45) is 5.92 Å². The van der Waals surface area contributed by atoms with Crippen LogP contribution in [0.4, 0.5) is 9.52 Å². The molecule has 32 heavy (non-hydrogen) atoms. The Morgan fingerprint density at radius 3 is 2.75 bits per heavy atom. The number of hydrogen-bond donors (Lipinski definition) is 1. The van der Waals surface area contributed by atoms with E-state index in [4.69, 9.17) is 10.5 Å². The molecule has 1 aliphatic rings. The van der Waals surface area contributed by atoms with Crippen molar-refractivity contribution in [3.63, 3.8) is 0 Å². The molecule has 1 atom stereocenters. The van der Waals surface area contributed by atoms with Crippen LogP contribution in [0.5, 0.6) is 5.75 Å². The number of fused-ring (bicyclic) bond motifs is 2. The molecule has 2 N–H and O–H groups in total. The van der Waals surface area contributed by atoms with Crippen LogP contribution in [0.2, 0.25) is 0 Å². The highest BCUT2D eigenvalue weighted by molar-refractivity contribution is 7.22. The van der Waals surface area contributed by atoms with Crippen molar-refractivity contribution in [3.8, 4) is 5.75 Å². The van der Waals surface area contributed by atoms with Gasteiger partial charge < -0.3 is 10.5 Å². The first-order valence-corrected chi connectivity index (χ1v) is 12.1. The average molecular weight is 450 g/mol. The molecule has 4 nitrogen and oxygen atoms in total. The van der Waals surface area contributed by atoms with E-state index in [2.05, 4.69) is 29.0 Å². The molecule has 2 aromatic heterocycles. The Balaban J connectivity index is 1.31. The van der Waals surface area contributed by atoms with E-state index in [1.54, 1.807) is 19.2 Å². The third-order valence-corrected chi connectivity index (χ3v) is 7.82. The number of ether oxygens (including phenoxy) is 1. The molecule has 6 heteroatoms. The number of nitrogen functional groups attached to an aromatic ring is 1. The molecule has 5 rings (SSSR count). The molecule has 1 aliphatic carbocycles. The standard InChI is InChI=1S/C26H28FN3OS/c1-15(21-13-19(31-2)14-24-25(21)30-26(28)32-24)11-16-3-5-17(6-4-16)20-9-10-29-23-8-7-18(27)12-22(20)23/h7-10,12-17H,3-6,11H2,1-2H3,(H2,28,30)/t15-,16-,17+/m1/s1. The average Bonchev–Trinajstić information content (AvgIpc) is 3.18. The van der Waals surface area contributed by atoms with Crippen molar-refractivity contribution in [3.05, 3.63) is 59.5 Å². The Bertz CT molecular complexity index is 1260. The second-order valence-electron chi connectivity index (χ2n) is 9.03. The van der Waals surface area contributed by atoms with E-state index < -0.39 is 0 Å². The van der Waals surface area contributed by atoms with Gasteiger partial charge >= 0.3 is 0 Å². The van der Waals surface area contributed by atoms with E-state index in [-0.39, 0.29) is 5.82 Å². The van der Waals surface area contributed by atoms with Gasteiger partial charge in [-0.2, -0.15) is 0 Å². The highest BCUT2D eigenvalue weighted by atomic mass is 32.1. The third-order valence-electron chi connectivity index (χ3n) is 6.99. The van der Waals surface area contributed by atoms with E-state index in [1.165, 1.54) is 41.4 Å². The highest BCUT2D eigenvalue weighted by Crippen LogP contribution is 2.43. The van der Waals surface area contributed by atoms with Crippen molar-refractivity contribution < 1.29 is 9.13 Å². The summed E-state index contributed by atoms with van der Waals surface area (Å²) in [6.07, 6.45) is 7.60. The predicted octanol–water partition coefficient (Wildman–Crippen LogP) is 7.04. The van der Waals surface area contributed by atoms with Gasteiger partial charge in [0.25, 0.3) is 0 Å². The first-order chi connectivity index (χ1) is 15.5. The van der Waals surface area contributed by atoms with Crippen LogP contribution in [-0.4, -0.2) is 17.1 Å². The van der Waals surface area contributed by atoms with Crippen molar-refractivity contribution in [2.75, 3.05) is 12.8 Å². The number of aromatic nitrogens is 2. The van der Waals surface area contributed by atoms with E-state index in [9.17, 15) is 4.39 Å². The number of hydrogen-bond acceptors (Lipinski definition) is 5. The molecule has 0 amide bonds. The number of methoxy groups -OCH3 is 1. The lowest BCUT2D eigenvalue weighted by atomic mass is 9.74. The summed E-state index contributed by atoms with van der Waals surface area (Å²) in [6, 6.07) is 11.1. The zero-order chi connectivity index (χ0) is 22.2. The van der Waals surface area contributed by atoms with Gasteiger partial charge in [0, 0.05) is 11.6 Å². The van der Waals surface area contributed by atoms with E-state index >= 15 is 0 Å². The van der Waals surface area contributed by atoms with Crippen LogP contribution < -0.4 is 10.5 Å². The summed E-state index contributed by atoms with van der Waals surface area (Å²) in [7, 11) is 1.70. The second-order valence-corrected chi connectivity index (χ2v) is 10.1. The Labute approximate surface area is 191 Å². The van der Waals surface area contributed by atoms with Crippen molar-refractivity contribution in [1.82, 2.24) is 9.97 Å². The minimum absolute atomic E-state index is 0.193. The number of benzene rings is 2. The highest BCUT2D eigenvalue weighted by Gasteiger charge is 2.26. The topological polar surface area (TPSA) is 61.0 Å². The van der Waals surface area contributed by atoms with Crippen LogP contribution in [0.3, 0.4) is 0 Å². The number of halogens is 1. The van der Waals surface area contributed by atoms with Crippen LogP contribution in [0.25, 0.3) is 21.1 Å². The van der Waals surface area contributed by atoms with Gasteiger partial charge in [-0.3, -0.25) is 4.98 Å². The van der Waals surface area contributed by atoms with Crippen molar-refractivity contribution in [2.45, 2.75) is 50.9 Å². The number of pyridine rings is 1. The van der Waals surface area contributed by atoms with Crippen LogP contribution >= 0.6 is 11.3 Å². The fourth-order valence-electron chi connectivity index (χ4n) is 5.37. The quantitative estimate of drug-likeness (QED) is 0.355. The molecule has 0 radical (unpaired) electrons. The van der Waals surface area contributed by atoms with Gasteiger partial charge in [-0.25, -0.2) is 9.37 Å². The van der Waals surface area contributed by atoms with Gasteiger partial charge in [-0.15, -0.1) is 0 Å². The van der Waals surface area contributed by atoms with Crippen LogP contribution in [0.1, 0.15) is 62.0 Å². The second kappa shape index (κ2) is 8.66. The van der Waals surface area contributed by atoms with Gasteiger partial charge in [0.05, 0.1) is 22.8 Å². The van der Waals surface area contributed by atoms with E-state index in [0.29, 0.717) is 22.9 Å². The first-order valence-electron chi connectivity index (χ1n) is 11.3. The Hall–Kier alpha value is -2.73. The lowest BCUT2D eigenvalue weighted by Crippen LogP contribution is -2.16. The summed E-state index contributed by atoms with van der Waals surface area (Å²) < 4.78 is 20.5. The molecule has 0 unspecified atom stereocenters. The molecule has 2 aromatic carbocycles. The fraction of sp³-hybridized carbons (Fsp3) is 0.385. The van der Waals surface area contributed by atoms with Gasteiger partial charge in [0.15, 0.2) is 5.13 Å². The van der Waals surface area contributed by atoms with Gasteiger partial charge in [-0.1, -0.05) is 18.3 Å². The first kappa shape index (κ1) is 21.1. The summed E-state index contributed by atoms with van der Waals surface area (Å²) in [4.78, 5) is 9.01. The predicted molar refractivity (Wildman–Crippen MR) is 130 cm³/mol. The SMILES string of the molecule is COc1cc([C@H](C)C[C@H]2CC[C@@H](c3ccnc4ccc(F)cc43)CC2)c2nc(N)sc2c1. The zero-order valence-corrected chi connectivity index (χ0v) is 19.3. The van der Waals surface area contributed by atoms with E-state index in [0.717, 1.165) is 46.1 Å². The third kappa shape index (κ3) is 4.04. The number of rotatable bonds is 5. The zero-order valence-electron chi connectivity index (χ0n) is 18.5. The molecule has 0 bridgehead atoms. The molecule has 0 saturated heterocycles. The molecule has 166 valence electrons. The van der Waals surface area contributed by atoms with Crippen LogP contribution in [-0.2, 0) is 0 Å².